The molecule has 0 heterocycles. The van der Waals surface area contributed by atoms with Gasteiger partial charge in [0.1, 0.15) is 17.7 Å². The summed E-state index contributed by atoms with van der Waals surface area (Å²) in [5.41, 5.74) is 0.166. The number of nitrogens with one attached hydrogen (secondary N) is 2. The summed E-state index contributed by atoms with van der Waals surface area (Å²) in [5, 5.41) is 7.33. The summed E-state index contributed by atoms with van der Waals surface area (Å²) < 4.78 is 10.1. The second-order valence-corrected chi connectivity index (χ2v) is 8.19. The molecule has 2 amide bonds. The number of hydrogen-bond acceptors (Lipinski definition) is 5. The van der Waals surface area contributed by atoms with Gasteiger partial charge in [0, 0.05) is 6.42 Å². The van der Waals surface area contributed by atoms with Gasteiger partial charge in [-0.2, -0.15) is 0 Å². The largest absolute Gasteiger partial charge is 0.467 e. The van der Waals surface area contributed by atoms with Gasteiger partial charge < -0.3 is 20.1 Å². The van der Waals surface area contributed by atoms with Gasteiger partial charge in [-0.15, -0.1) is 6.58 Å². The Balaban J connectivity index is 2.14. The van der Waals surface area contributed by atoms with Crippen LogP contribution in [0.2, 0.25) is 0 Å². The van der Waals surface area contributed by atoms with E-state index in [1.165, 1.54) is 13.2 Å². The van der Waals surface area contributed by atoms with E-state index in [0.717, 1.165) is 16.3 Å². The van der Waals surface area contributed by atoms with Gasteiger partial charge in [-0.1, -0.05) is 48.5 Å². The van der Waals surface area contributed by atoms with Crippen molar-refractivity contribution in [2.75, 3.05) is 7.11 Å². The van der Waals surface area contributed by atoms with E-state index in [0.29, 0.717) is 0 Å². The molecule has 0 fully saturated rings. The second-order valence-electron chi connectivity index (χ2n) is 8.19. The third-order valence-electron chi connectivity index (χ3n) is 4.47. The summed E-state index contributed by atoms with van der Waals surface area (Å²) >= 11 is 0. The van der Waals surface area contributed by atoms with E-state index in [-0.39, 0.29) is 12.8 Å². The van der Waals surface area contributed by atoms with Crippen molar-refractivity contribution < 1.29 is 23.9 Å². The third kappa shape index (κ3) is 7.44. The molecule has 7 heteroatoms. The topological polar surface area (TPSA) is 93.7 Å². The number of carbonyl (C=O) groups excluding carboxylic acids is 3. The van der Waals surface area contributed by atoms with E-state index in [1.807, 2.05) is 42.5 Å². The van der Waals surface area contributed by atoms with Crippen LogP contribution in [-0.4, -0.2) is 42.8 Å². The first-order valence-electron chi connectivity index (χ1n) is 10.1. The van der Waals surface area contributed by atoms with Crippen molar-refractivity contribution in [1.82, 2.24) is 10.6 Å². The Kier molecular flexibility index (Phi) is 8.19. The number of hydrogen-bond donors (Lipinski definition) is 2. The van der Waals surface area contributed by atoms with Gasteiger partial charge in [-0.3, -0.25) is 4.79 Å². The van der Waals surface area contributed by atoms with Crippen LogP contribution < -0.4 is 10.6 Å². The van der Waals surface area contributed by atoms with Crippen LogP contribution in [0.5, 0.6) is 0 Å². The summed E-state index contributed by atoms with van der Waals surface area (Å²) in [6, 6.07) is 11.9. The van der Waals surface area contributed by atoms with Crippen LogP contribution >= 0.6 is 0 Å². The third-order valence-corrected chi connectivity index (χ3v) is 4.47. The average molecular weight is 427 g/mol. The lowest BCUT2D eigenvalue weighted by atomic mass is 10.0. The minimum absolute atomic E-state index is 0.176. The minimum atomic E-state index is -0.934. The zero-order valence-corrected chi connectivity index (χ0v) is 18.4. The fraction of sp³-hybridized carbons (Fsp3) is 0.375. The number of ether oxygens (including phenoxy) is 2. The summed E-state index contributed by atoms with van der Waals surface area (Å²) in [5.74, 6) is -1.10. The highest BCUT2D eigenvalue weighted by atomic mass is 16.6. The molecule has 0 spiro atoms. The van der Waals surface area contributed by atoms with E-state index in [1.54, 1.807) is 20.8 Å². The maximum absolute atomic E-state index is 12.8. The maximum Gasteiger partial charge on any atom is 0.408 e. The zero-order chi connectivity index (χ0) is 23.0. The molecule has 7 nitrogen and oxygen atoms in total. The van der Waals surface area contributed by atoms with Crippen molar-refractivity contribution in [2.45, 2.75) is 51.3 Å². The first-order chi connectivity index (χ1) is 14.6. The summed E-state index contributed by atoms with van der Waals surface area (Å²) in [7, 11) is 1.27. The van der Waals surface area contributed by atoms with E-state index in [9.17, 15) is 14.4 Å². The number of carbonyl (C=O) groups is 3. The number of fused-ring (bicyclic) bond motifs is 1. The lowest BCUT2D eigenvalue weighted by molar-refractivity contribution is -0.145. The van der Waals surface area contributed by atoms with Gasteiger partial charge in [0.15, 0.2) is 0 Å². The Morgan fingerprint density at radius 2 is 1.71 bits per heavy atom. The highest BCUT2D eigenvalue weighted by Gasteiger charge is 2.28. The molecule has 166 valence electrons. The van der Waals surface area contributed by atoms with Crippen LogP contribution in [0, 0.1) is 0 Å². The van der Waals surface area contributed by atoms with Crippen molar-refractivity contribution >= 4 is 28.7 Å². The van der Waals surface area contributed by atoms with Gasteiger partial charge in [0.2, 0.25) is 5.91 Å². The molecule has 0 aliphatic heterocycles. The van der Waals surface area contributed by atoms with Gasteiger partial charge in [0.25, 0.3) is 0 Å². The molecule has 0 radical (unpaired) electrons. The number of rotatable bonds is 8. The monoisotopic (exact) mass is 426 g/mol. The Morgan fingerprint density at radius 1 is 1.03 bits per heavy atom. The van der Waals surface area contributed by atoms with Crippen LogP contribution in [-0.2, 0) is 25.5 Å². The highest BCUT2D eigenvalue weighted by Crippen LogP contribution is 2.17. The average Bonchev–Trinajstić information content (AvgIpc) is 2.70. The van der Waals surface area contributed by atoms with Gasteiger partial charge in [0.05, 0.1) is 7.11 Å². The van der Waals surface area contributed by atoms with E-state index >= 15 is 0 Å². The Labute approximate surface area is 182 Å². The molecule has 2 rings (SSSR count). The molecule has 0 unspecified atom stereocenters. The Bertz CT molecular complexity index is 948. The molecule has 0 bridgehead atoms. The van der Waals surface area contributed by atoms with Crippen LogP contribution in [0.25, 0.3) is 10.8 Å². The Hall–Kier alpha value is -3.35. The van der Waals surface area contributed by atoms with Crippen molar-refractivity contribution in [3.8, 4) is 0 Å². The standard InChI is InChI=1S/C24H30N2O5/c1-6-9-19(26-23(29)31-24(2,3)4)21(27)25-20(22(28)30-5)15-16-12-13-17-10-7-8-11-18(17)14-16/h6-8,10-14,19-20H,1,9,15H2,2-5H3,(H,25,27)(H,26,29)/t19-,20+/m1/s1. The molecule has 2 aromatic rings. The SMILES string of the molecule is C=CC[C@@H](NC(=O)OC(C)(C)C)C(=O)N[C@@H](Cc1ccc2ccccc2c1)C(=O)OC. The molecular formula is C24H30N2O5. The number of benzene rings is 2. The number of methoxy groups -OCH3 is 1. The van der Waals surface area contributed by atoms with Crippen LogP contribution in [0.1, 0.15) is 32.8 Å². The fourth-order valence-electron chi connectivity index (χ4n) is 3.06. The number of amides is 2. The summed E-state index contributed by atoms with van der Waals surface area (Å²) in [4.78, 5) is 37.3. The summed E-state index contributed by atoms with van der Waals surface area (Å²) in [6.45, 7) is 8.81. The summed E-state index contributed by atoms with van der Waals surface area (Å²) in [6.07, 6.45) is 1.21. The lowest BCUT2D eigenvalue weighted by Crippen LogP contribution is -2.53. The second kappa shape index (κ2) is 10.6. The molecule has 0 saturated carbocycles. The van der Waals surface area contributed by atoms with E-state index in [2.05, 4.69) is 17.2 Å². The first-order valence-corrected chi connectivity index (χ1v) is 10.1. The van der Waals surface area contributed by atoms with Gasteiger partial charge in [-0.05, 0) is 43.5 Å². The number of alkyl carbamates (subject to hydrolysis) is 1. The van der Waals surface area contributed by atoms with Crippen molar-refractivity contribution in [2.24, 2.45) is 0 Å². The zero-order valence-electron chi connectivity index (χ0n) is 18.4. The lowest BCUT2D eigenvalue weighted by Gasteiger charge is -2.24. The fourth-order valence-corrected chi connectivity index (χ4v) is 3.06. The van der Waals surface area contributed by atoms with Crippen LogP contribution in [0.3, 0.4) is 0 Å². The molecule has 0 saturated heterocycles. The maximum atomic E-state index is 12.8. The molecule has 0 aliphatic carbocycles. The molecular weight excluding hydrogens is 396 g/mol. The molecule has 2 aromatic carbocycles. The van der Waals surface area contributed by atoms with E-state index < -0.39 is 35.7 Å². The molecule has 2 atom stereocenters. The van der Waals surface area contributed by atoms with Gasteiger partial charge >= 0.3 is 12.1 Å². The Morgan fingerprint density at radius 3 is 2.32 bits per heavy atom. The normalized spacial score (nSPS) is 13.0. The predicted molar refractivity (Wildman–Crippen MR) is 120 cm³/mol. The molecule has 0 aromatic heterocycles. The van der Waals surface area contributed by atoms with Crippen molar-refractivity contribution in [1.29, 1.82) is 0 Å². The molecule has 2 N–H and O–H groups in total. The highest BCUT2D eigenvalue weighted by molar-refractivity contribution is 5.90. The van der Waals surface area contributed by atoms with Crippen LogP contribution in [0.4, 0.5) is 4.79 Å². The van der Waals surface area contributed by atoms with Gasteiger partial charge in [-0.25, -0.2) is 9.59 Å². The smallest absolute Gasteiger partial charge is 0.408 e. The van der Waals surface area contributed by atoms with E-state index in [4.69, 9.17) is 9.47 Å². The first kappa shape index (κ1) is 23.9. The van der Waals surface area contributed by atoms with Crippen molar-refractivity contribution in [3.63, 3.8) is 0 Å². The van der Waals surface area contributed by atoms with Crippen LogP contribution in [0.15, 0.2) is 55.1 Å². The predicted octanol–water partition coefficient (Wildman–Crippen LogP) is 3.51. The van der Waals surface area contributed by atoms with Crippen molar-refractivity contribution in [3.05, 3.63) is 60.7 Å². The number of esters is 1. The minimum Gasteiger partial charge on any atom is -0.467 e. The molecule has 31 heavy (non-hydrogen) atoms. The quantitative estimate of drug-likeness (QED) is 0.498. The molecule has 0 aliphatic rings.